The van der Waals surface area contributed by atoms with Gasteiger partial charge in [-0.05, 0) is 69.3 Å². The molecule has 1 aromatic rings. The average Bonchev–Trinajstić information content (AvgIpc) is 2.96. The Morgan fingerprint density at radius 1 is 1.00 bits per heavy atom. The van der Waals surface area contributed by atoms with E-state index in [-0.39, 0.29) is 6.10 Å². The molecule has 1 aliphatic heterocycles. The maximum absolute atomic E-state index is 9.53. The second-order valence-corrected chi connectivity index (χ2v) is 6.33. The molecule has 3 heteroatoms. The number of aliphatic hydroxyl groups excluding tert-OH is 1. The van der Waals surface area contributed by atoms with Crippen LogP contribution in [0.25, 0.3) is 0 Å². The minimum atomic E-state index is -0.0733. The van der Waals surface area contributed by atoms with Crippen LogP contribution in [0.2, 0.25) is 0 Å². The summed E-state index contributed by atoms with van der Waals surface area (Å²) in [6.07, 6.45) is 6.67. The van der Waals surface area contributed by atoms with Crippen LogP contribution < -0.4 is 5.32 Å². The number of nitrogens with one attached hydrogen (secondary N) is 1. The van der Waals surface area contributed by atoms with Crippen LogP contribution in [-0.2, 0) is 6.54 Å². The first-order valence-corrected chi connectivity index (χ1v) is 8.05. The average molecular weight is 274 g/mol. The van der Waals surface area contributed by atoms with E-state index in [4.69, 9.17) is 0 Å². The molecule has 0 amide bonds. The van der Waals surface area contributed by atoms with Crippen LogP contribution in [0.15, 0.2) is 24.3 Å². The zero-order valence-electron chi connectivity index (χ0n) is 12.2. The molecule has 20 heavy (non-hydrogen) atoms. The summed E-state index contributed by atoms with van der Waals surface area (Å²) in [5, 5.41) is 13.1. The number of hydrogen-bond acceptors (Lipinski definition) is 3. The zero-order chi connectivity index (χ0) is 13.8. The molecule has 1 heterocycles. The van der Waals surface area contributed by atoms with Crippen LogP contribution >= 0.6 is 0 Å². The number of anilines is 1. The monoisotopic (exact) mass is 274 g/mol. The summed E-state index contributed by atoms with van der Waals surface area (Å²) in [5.41, 5.74) is 2.63. The van der Waals surface area contributed by atoms with Gasteiger partial charge >= 0.3 is 0 Å². The molecule has 0 aromatic heterocycles. The van der Waals surface area contributed by atoms with Gasteiger partial charge in [0.2, 0.25) is 0 Å². The number of hydrogen-bond donors (Lipinski definition) is 2. The number of aliphatic hydroxyl groups is 1. The van der Waals surface area contributed by atoms with Crippen LogP contribution in [0.3, 0.4) is 0 Å². The van der Waals surface area contributed by atoms with Crippen molar-refractivity contribution in [2.24, 2.45) is 0 Å². The molecule has 0 atom stereocenters. The second kappa shape index (κ2) is 6.59. The van der Waals surface area contributed by atoms with E-state index in [1.165, 1.54) is 37.2 Å². The van der Waals surface area contributed by atoms with Crippen molar-refractivity contribution in [3.8, 4) is 0 Å². The highest BCUT2D eigenvalue weighted by molar-refractivity contribution is 5.45. The molecule has 2 aliphatic rings. The topological polar surface area (TPSA) is 35.5 Å². The van der Waals surface area contributed by atoms with Crippen molar-refractivity contribution in [2.75, 3.05) is 18.4 Å². The van der Waals surface area contributed by atoms with Gasteiger partial charge in [0.05, 0.1) is 6.10 Å². The molecule has 0 spiro atoms. The maximum Gasteiger partial charge on any atom is 0.0541 e. The van der Waals surface area contributed by atoms with E-state index < -0.39 is 0 Å². The molecule has 1 saturated carbocycles. The molecule has 2 N–H and O–H groups in total. The van der Waals surface area contributed by atoms with Crippen molar-refractivity contribution >= 4 is 5.69 Å². The van der Waals surface area contributed by atoms with Crippen molar-refractivity contribution < 1.29 is 5.11 Å². The van der Waals surface area contributed by atoms with Crippen LogP contribution in [0.1, 0.15) is 44.1 Å². The van der Waals surface area contributed by atoms with E-state index in [9.17, 15) is 5.11 Å². The summed E-state index contributed by atoms with van der Waals surface area (Å²) in [5.74, 6) is 0. The van der Waals surface area contributed by atoms with Crippen LogP contribution in [0, 0.1) is 0 Å². The molecule has 1 saturated heterocycles. The van der Waals surface area contributed by atoms with E-state index in [2.05, 4.69) is 34.5 Å². The summed E-state index contributed by atoms with van der Waals surface area (Å²) >= 11 is 0. The van der Waals surface area contributed by atoms with Crippen molar-refractivity contribution in [3.05, 3.63) is 29.8 Å². The SMILES string of the molecule is OC1CCC(Nc2ccc(CN3CCCC3)cc2)CC1. The van der Waals surface area contributed by atoms with Gasteiger partial charge in [0.15, 0.2) is 0 Å². The quantitative estimate of drug-likeness (QED) is 0.886. The first-order chi connectivity index (χ1) is 9.79. The third kappa shape index (κ3) is 3.74. The molecule has 1 aromatic carbocycles. The Balaban J connectivity index is 1.50. The lowest BCUT2D eigenvalue weighted by Gasteiger charge is -2.27. The van der Waals surface area contributed by atoms with Crippen LogP contribution in [0.5, 0.6) is 0 Å². The Morgan fingerprint density at radius 3 is 2.30 bits per heavy atom. The van der Waals surface area contributed by atoms with Crippen molar-refractivity contribution in [1.82, 2.24) is 4.90 Å². The van der Waals surface area contributed by atoms with Crippen molar-refractivity contribution in [3.63, 3.8) is 0 Å². The molecular weight excluding hydrogens is 248 g/mol. The minimum Gasteiger partial charge on any atom is -0.393 e. The Hall–Kier alpha value is -1.06. The molecule has 0 unspecified atom stereocenters. The molecule has 110 valence electrons. The Kier molecular flexibility index (Phi) is 4.58. The van der Waals surface area contributed by atoms with Gasteiger partial charge in [-0.2, -0.15) is 0 Å². The largest absolute Gasteiger partial charge is 0.393 e. The fourth-order valence-corrected chi connectivity index (χ4v) is 3.36. The first kappa shape index (κ1) is 13.9. The Bertz CT molecular complexity index is 404. The zero-order valence-corrected chi connectivity index (χ0v) is 12.2. The number of likely N-dealkylation sites (tertiary alicyclic amines) is 1. The lowest BCUT2D eigenvalue weighted by Crippen LogP contribution is -2.28. The summed E-state index contributed by atoms with van der Waals surface area (Å²) in [6, 6.07) is 9.44. The Morgan fingerprint density at radius 2 is 1.65 bits per heavy atom. The number of benzene rings is 1. The first-order valence-electron chi connectivity index (χ1n) is 8.05. The van der Waals surface area contributed by atoms with Gasteiger partial charge < -0.3 is 10.4 Å². The highest BCUT2D eigenvalue weighted by atomic mass is 16.3. The summed E-state index contributed by atoms with van der Waals surface area (Å²) in [7, 11) is 0. The van der Waals surface area contributed by atoms with Crippen molar-refractivity contribution in [2.45, 2.75) is 57.2 Å². The smallest absolute Gasteiger partial charge is 0.0541 e. The fourth-order valence-electron chi connectivity index (χ4n) is 3.36. The van der Waals surface area contributed by atoms with E-state index in [0.717, 1.165) is 32.2 Å². The van der Waals surface area contributed by atoms with Crippen LogP contribution in [-0.4, -0.2) is 35.2 Å². The van der Waals surface area contributed by atoms with Gasteiger partial charge in [-0.1, -0.05) is 12.1 Å². The van der Waals surface area contributed by atoms with Gasteiger partial charge in [-0.3, -0.25) is 4.90 Å². The second-order valence-electron chi connectivity index (χ2n) is 6.33. The van der Waals surface area contributed by atoms with E-state index in [1.807, 2.05) is 0 Å². The number of rotatable bonds is 4. The molecule has 3 nitrogen and oxygen atoms in total. The van der Waals surface area contributed by atoms with Gasteiger partial charge in [0, 0.05) is 18.3 Å². The Labute approximate surface area is 122 Å². The molecule has 0 radical (unpaired) electrons. The van der Waals surface area contributed by atoms with Gasteiger partial charge in [0.25, 0.3) is 0 Å². The van der Waals surface area contributed by atoms with Gasteiger partial charge in [-0.15, -0.1) is 0 Å². The van der Waals surface area contributed by atoms with Gasteiger partial charge in [0.1, 0.15) is 0 Å². The lowest BCUT2D eigenvalue weighted by atomic mass is 9.93. The predicted octanol–water partition coefficient (Wildman–Crippen LogP) is 3.00. The predicted molar refractivity (Wildman–Crippen MR) is 82.8 cm³/mol. The molecule has 3 rings (SSSR count). The molecule has 2 fully saturated rings. The fraction of sp³-hybridized carbons (Fsp3) is 0.647. The molecule has 1 aliphatic carbocycles. The molecular formula is C17H26N2O. The van der Waals surface area contributed by atoms with E-state index in [0.29, 0.717) is 6.04 Å². The highest BCUT2D eigenvalue weighted by Gasteiger charge is 2.19. The number of nitrogens with zero attached hydrogens (tertiary/aromatic N) is 1. The third-order valence-corrected chi connectivity index (χ3v) is 4.63. The third-order valence-electron chi connectivity index (χ3n) is 4.63. The summed E-state index contributed by atoms with van der Waals surface area (Å²) < 4.78 is 0. The molecule has 0 bridgehead atoms. The highest BCUT2D eigenvalue weighted by Crippen LogP contribution is 2.22. The van der Waals surface area contributed by atoms with Gasteiger partial charge in [-0.25, -0.2) is 0 Å². The van der Waals surface area contributed by atoms with Crippen LogP contribution in [0.4, 0.5) is 5.69 Å². The van der Waals surface area contributed by atoms with Crippen molar-refractivity contribution in [1.29, 1.82) is 0 Å². The van der Waals surface area contributed by atoms with E-state index >= 15 is 0 Å². The lowest BCUT2D eigenvalue weighted by molar-refractivity contribution is 0.126. The standard InChI is InChI=1S/C17H26N2O/c20-17-9-7-16(8-10-17)18-15-5-3-14(4-6-15)13-19-11-1-2-12-19/h3-6,16-18,20H,1-2,7-13H2. The minimum absolute atomic E-state index is 0.0733. The maximum atomic E-state index is 9.53. The summed E-state index contributed by atoms with van der Waals surface area (Å²) in [4.78, 5) is 2.53. The summed E-state index contributed by atoms with van der Waals surface area (Å²) in [6.45, 7) is 3.60. The normalized spacial score (nSPS) is 27.6. The van der Waals surface area contributed by atoms with E-state index in [1.54, 1.807) is 0 Å².